The quantitative estimate of drug-likeness (QED) is 0.918. The molecule has 1 N–H and O–H groups in total. The maximum absolute atomic E-state index is 13.2. The Labute approximate surface area is 109 Å². The molecule has 3 rings (SSSR count). The average Bonchev–Trinajstić information content (AvgIpc) is 3.08. The minimum absolute atomic E-state index is 0.329. The predicted molar refractivity (Wildman–Crippen MR) is 65.6 cm³/mol. The lowest BCUT2D eigenvalue weighted by atomic mass is 10.1. The number of nitrogens with one attached hydrogen (secondary N) is 1. The first kappa shape index (κ1) is 12.3. The molecule has 19 heavy (non-hydrogen) atoms. The van der Waals surface area contributed by atoms with Crippen molar-refractivity contribution in [3.63, 3.8) is 0 Å². The molecule has 2 heterocycles. The maximum atomic E-state index is 13.2. The molecular weight excluding hydrogens is 249 g/mol. The van der Waals surface area contributed by atoms with Crippen molar-refractivity contribution in [2.45, 2.75) is 18.6 Å². The van der Waals surface area contributed by atoms with Crippen LogP contribution >= 0.6 is 0 Å². The summed E-state index contributed by atoms with van der Waals surface area (Å²) in [6.45, 7) is 0.651. The van der Waals surface area contributed by atoms with E-state index in [1.807, 2.05) is 0 Å². The molecule has 0 spiro atoms. The van der Waals surface area contributed by atoms with Crippen molar-refractivity contribution in [1.82, 2.24) is 15.5 Å². The van der Waals surface area contributed by atoms with Gasteiger partial charge in [0, 0.05) is 18.6 Å². The highest BCUT2D eigenvalue weighted by atomic mass is 19.1. The number of aromatic nitrogens is 2. The van der Waals surface area contributed by atoms with Gasteiger partial charge in [0.2, 0.25) is 5.82 Å². The van der Waals surface area contributed by atoms with Gasteiger partial charge in [-0.1, -0.05) is 17.3 Å². The maximum Gasteiger partial charge on any atom is 0.274 e. The van der Waals surface area contributed by atoms with Crippen LogP contribution in [-0.2, 0) is 10.5 Å². The third-order valence-electron chi connectivity index (χ3n) is 3.28. The lowest BCUT2D eigenvalue weighted by Crippen LogP contribution is -2.39. The minimum Gasteiger partial charge on any atom is -0.351 e. The zero-order valence-corrected chi connectivity index (χ0v) is 10.5. The summed E-state index contributed by atoms with van der Waals surface area (Å²) in [5, 5.41) is 6.97. The summed E-state index contributed by atoms with van der Waals surface area (Å²) < 4.78 is 24.1. The monoisotopic (exact) mass is 263 g/mol. The van der Waals surface area contributed by atoms with E-state index >= 15 is 0 Å². The summed E-state index contributed by atoms with van der Waals surface area (Å²) in [7, 11) is 1.79. The molecule has 1 aromatic carbocycles. The molecule has 1 aliphatic heterocycles. The largest absolute Gasteiger partial charge is 0.351 e. The van der Waals surface area contributed by atoms with Crippen LogP contribution in [0.5, 0.6) is 0 Å². The molecule has 1 saturated heterocycles. The summed E-state index contributed by atoms with van der Waals surface area (Å²) in [6, 6.07) is 6.09. The molecule has 0 radical (unpaired) electrons. The average molecular weight is 263 g/mol. The smallest absolute Gasteiger partial charge is 0.274 e. The van der Waals surface area contributed by atoms with E-state index in [-0.39, 0.29) is 5.82 Å². The van der Waals surface area contributed by atoms with Crippen LogP contribution in [0.4, 0.5) is 4.39 Å². The van der Waals surface area contributed by atoms with Gasteiger partial charge in [-0.05, 0) is 25.6 Å². The van der Waals surface area contributed by atoms with Crippen LogP contribution in [0.2, 0.25) is 0 Å². The Morgan fingerprint density at radius 1 is 1.42 bits per heavy atom. The van der Waals surface area contributed by atoms with Crippen LogP contribution in [0, 0.1) is 5.82 Å². The highest BCUT2D eigenvalue weighted by Crippen LogP contribution is 2.33. The Hall–Kier alpha value is -1.79. The summed E-state index contributed by atoms with van der Waals surface area (Å²) in [4.78, 5) is 4.31. The van der Waals surface area contributed by atoms with Gasteiger partial charge in [-0.3, -0.25) is 5.32 Å². The van der Waals surface area contributed by atoms with Crippen molar-refractivity contribution in [1.29, 1.82) is 0 Å². The molecule has 1 atom stereocenters. The molecule has 6 heteroatoms. The minimum atomic E-state index is -0.710. The van der Waals surface area contributed by atoms with Gasteiger partial charge < -0.3 is 9.26 Å². The summed E-state index contributed by atoms with van der Waals surface area (Å²) in [6.07, 6.45) is 1.70. The van der Waals surface area contributed by atoms with Crippen molar-refractivity contribution in [3.05, 3.63) is 36.0 Å². The number of hydrogen-bond acceptors (Lipinski definition) is 5. The lowest BCUT2D eigenvalue weighted by Gasteiger charge is -2.22. The topological polar surface area (TPSA) is 60.2 Å². The molecule has 0 amide bonds. The fourth-order valence-electron chi connectivity index (χ4n) is 2.24. The highest BCUT2D eigenvalue weighted by molar-refractivity contribution is 5.53. The van der Waals surface area contributed by atoms with Gasteiger partial charge in [-0.25, -0.2) is 4.39 Å². The molecular formula is C13H14FN3O2. The van der Waals surface area contributed by atoms with E-state index in [0.29, 0.717) is 23.9 Å². The Morgan fingerprint density at radius 3 is 3.00 bits per heavy atom. The Morgan fingerprint density at radius 2 is 2.32 bits per heavy atom. The normalized spacial score (nSPS) is 22.8. The van der Waals surface area contributed by atoms with Gasteiger partial charge >= 0.3 is 0 Å². The number of nitrogens with zero attached hydrogens (tertiary/aromatic N) is 2. The van der Waals surface area contributed by atoms with E-state index in [1.54, 1.807) is 19.2 Å². The zero-order chi connectivity index (χ0) is 13.3. The highest BCUT2D eigenvalue weighted by Gasteiger charge is 2.41. The van der Waals surface area contributed by atoms with Crippen molar-refractivity contribution >= 4 is 0 Å². The van der Waals surface area contributed by atoms with Crippen molar-refractivity contribution in [3.8, 4) is 11.4 Å². The second-order valence-corrected chi connectivity index (χ2v) is 4.46. The fourth-order valence-corrected chi connectivity index (χ4v) is 2.24. The Kier molecular flexibility index (Phi) is 3.04. The van der Waals surface area contributed by atoms with Crippen LogP contribution < -0.4 is 5.32 Å². The van der Waals surface area contributed by atoms with Gasteiger partial charge in [-0.15, -0.1) is 0 Å². The first-order chi connectivity index (χ1) is 9.23. The van der Waals surface area contributed by atoms with E-state index in [4.69, 9.17) is 9.26 Å². The van der Waals surface area contributed by atoms with Crippen molar-refractivity contribution in [2.24, 2.45) is 0 Å². The molecule has 0 bridgehead atoms. The standard InChI is InChI=1S/C13H14FN3O2/c1-15-13(6-3-7-18-13)12-16-11(17-19-12)9-4-2-5-10(14)8-9/h2,4-5,8,15H,3,6-7H2,1H3. The molecule has 1 fully saturated rings. The Bertz CT molecular complexity index is 579. The third-order valence-corrected chi connectivity index (χ3v) is 3.28. The van der Waals surface area contributed by atoms with E-state index in [0.717, 1.165) is 12.8 Å². The molecule has 1 aromatic heterocycles. The second-order valence-electron chi connectivity index (χ2n) is 4.46. The zero-order valence-electron chi connectivity index (χ0n) is 10.5. The van der Waals surface area contributed by atoms with Gasteiger partial charge in [0.1, 0.15) is 5.82 Å². The van der Waals surface area contributed by atoms with Gasteiger partial charge in [0.25, 0.3) is 5.89 Å². The Balaban J connectivity index is 1.95. The number of halogens is 1. The van der Waals surface area contributed by atoms with Crippen molar-refractivity contribution < 1.29 is 13.7 Å². The number of rotatable bonds is 3. The summed E-state index contributed by atoms with van der Waals surface area (Å²) in [5.74, 6) is 0.413. The van der Waals surface area contributed by atoms with Gasteiger partial charge in [0.15, 0.2) is 5.72 Å². The van der Waals surface area contributed by atoms with E-state index < -0.39 is 5.72 Å². The van der Waals surface area contributed by atoms with E-state index in [2.05, 4.69) is 15.5 Å². The van der Waals surface area contributed by atoms with Crippen LogP contribution in [0.15, 0.2) is 28.8 Å². The molecule has 5 nitrogen and oxygen atoms in total. The van der Waals surface area contributed by atoms with Gasteiger partial charge in [0.05, 0.1) is 0 Å². The first-order valence-corrected chi connectivity index (χ1v) is 6.16. The molecule has 1 unspecified atom stereocenters. The molecule has 0 saturated carbocycles. The third kappa shape index (κ3) is 2.13. The predicted octanol–water partition coefficient (Wildman–Crippen LogP) is 2.06. The number of hydrogen-bond donors (Lipinski definition) is 1. The lowest BCUT2D eigenvalue weighted by molar-refractivity contribution is -0.0477. The van der Waals surface area contributed by atoms with E-state index in [9.17, 15) is 4.39 Å². The number of ether oxygens (including phenoxy) is 1. The van der Waals surface area contributed by atoms with Crippen molar-refractivity contribution in [2.75, 3.05) is 13.7 Å². The van der Waals surface area contributed by atoms with Crippen LogP contribution in [0.25, 0.3) is 11.4 Å². The first-order valence-electron chi connectivity index (χ1n) is 6.16. The van der Waals surface area contributed by atoms with Crippen LogP contribution in [-0.4, -0.2) is 23.8 Å². The summed E-state index contributed by atoms with van der Waals surface area (Å²) in [5.41, 5.74) is -0.127. The molecule has 0 aliphatic carbocycles. The molecule has 100 valence electrons. The van der Waals surface area contributed by atoms with Crippen LogP contribution in [0.1, 0.15) is 18.7 Å². The van der Waals surface area contributed by atoms with Crippen LogP contribution in [0.3, 0.4) is 0 Å². The second kappa shape index (κ2) is 4.71. The van der Waals surface area contributed by atoms with Gasteiger partial charge in [-0.2, -0.15) is 4.98 Å². The molecule has 1 aliphatic rings. The van der Waals surface area contributed by atoms with E-state index in [1.165, 1.54) is 12.1 Å². The molecule has 2 aromatic rings. The summed E-state index contributed by atoms with van der Waals surface area (Å²) >= 11 is 0. The fraction of sp³-hybridized carbons (Fsp3) is 0.385. The SMILES string of the molecule is CNC1(c2nc(-c3cccc(F)c3)no2)CCCO1. The number of benzene rings is 1.